The number of anilines is 2. The number of ether oxygens (including phenoxy) is 2. The highest BCUT2D eigenvalue weighted by atomic mass is 19.1. The molecule has 0 aliphatic carbocycles. The third-order valence-electron chi connectivity index (χ3n) is 4.28. The Kier molecular flexibility index (Phi) is 4.79. The second-order valence-corrected chi connectivity index (χ2v) is 5.97. The molecule has 1 aliphatic rings. The summed E-state index contributed by atoms with van der Waals surface area (Å²) in [4.78, 5) is 26.2. The Balaban J connectivity index is 1.83. The van der Waals surface area contributed by atoms with E-state index in [1.165, 1.54) is 20.3 Å². The fraction of sp³-hybridized carbons (Fsp3) is 0.263. The average molecular weight is 358 g/mol. The summed E-state index contributed by atoms with van der Waals surface area (Å²) in [7, 11) is 2.98. The van der Waals surface area contributed by atoms with Gasteiger partial charge in [-0.05, 0) is 36.8 Å². The van der Waals surface area contributed by atoms with Crippen molar-refractivity contribution in [2.24, 2.45) is 0 Å². The molecule has 2 aromatic carbocycles. The van der Waals surface area contributed by atoms with Crippen molar-refractivity contribution < 1.29 is 23.5 Å². The first-order chi connectivity index (χ1) is 12.4. The number of amides is 2. The molecule has 1 atom stereocenters. The van der Waals surface area contributed by atoms with E-state index in [0.29, 0.717) is 28.4 Å². The van der Waals surface area contributed by atoms with E-state index >= 15 is 0 Å². The van der Waals surface area contributed by atoms with Crippen molar-refractivity contribution in [3.63, 3.8) is 0 Å². The molecule has 2 aromatic rings. The molecule has 136 valence electrons. The van der Waals surface area contributed by atoms with Crippen LogP contribution < -0.4 is 19.7 Å². The molecule has 2 amide bonds. The Morgan fingerprint density at radius 3 is 2.46 bits per heavy atom. The molecule has 0 spiro atoms. The van der Waals surface area contributed by atoms with Crippen molar-refractivity contribution in [1.29, 1.82) is 0 Å². The molecular weight excluding hydrogens is 339 g/mol. The Morgan fingerprint density at radius 2 is 1.81 bits per heavy atom. The molecule has 3 rings (SSSR count). The molecule has 0 aromatic heterocycles. The molecule has 6 nitrogen and oxygen atoms in total. The number of halogens is 1. The Morgan fingerprint density at radius 1 is 1.08 bits per heavy atom. The van der Waals surface area contributed by atoms with Gasteiger partial charge in [0, 0.05) is 11.8 Å². The fourth-order valence-electron chi connectivity index (χ4n) is 2.86. The van der Waals surface area contributed by atoms with Gasteiger partial charge in [-0.1, -0.05) is 6.07 Å². The molecule has 1 N–H and O–H groups in total. The highest BCUT2D eigenvalue weighted by Crippen LogP contribution is 2.34. The summed E-state index contributed by atoms with van der Waals surface area (Å²) >= 11 is 0. The monoisotopic (exact) mass is 358 g/mol. The molecule has 26 heavy (non-hydrogen) atoms. The van der Waals surface area contributed by atoms with E-state index in [4.69, 9.17) is 9.47 Å². The van der Waals surface area contributed by atoms with Crippen molar-refractivity contribution in [3.8, 4) is 11.5 Å². The predicted molar refractivity (Wildman–Crippen MR) is 95.2 cm³/mol. The van der Waals surface area contributed by atoms with Gasteiger partial charge in [0.1, 0.15) is 11.9 Å². The minimum Gasteiger partial charge on any atom is -0.493 e. The number of imide groups is 1. The SMILES string of the molecule is COc1ccc(N2C(=O)C[C@@H](Nc3ccc(C)c(F)c3)C2=O)cc1OC. The van der Waals surface area contributed by atoms with Crippen molar-refractivity contribution in [2.75, 3.05) is 24.4 Å². The van der Waals surface area contributed by atoms with Crippen molar-refractivity contribution in [2.45, 2.75) is 19.4 Å². The lowest BCUT2D eigenvalue weighted by molar-refractivity contribution is -0.121. The minimum absolute atomic E-state index is 0.0112. The molecule has 0 radical (unpaired) electrons. The molecular formula is C19H19FN2O4. The largest absolute Gasteiger partial charge is 0.493 e. The molecule has 7 heteroatoms. The molecule has 0 saturated carbocycles. The van der Waals surface area contributed by atoms with Gasteiger partial charge in [-0.15, -0.1) is 0 Å². The van der Waals surface area contributed by atoms with Crippen LogP contribution in [0.2, 0.25) is 0 Å². The van der Waals surface area contributed by atoms with Gasteiger partial charge in [0.2, 0.25) is 5.91 Å². The van der Waals surface area contributed by atoms with Crippen LogP contribution in [0.1, 0.15) is 12.0 Å². The smallest absolute Gasteiger partial charge is 0.256 e. The Hall–Kier alpha value is -3.09. The van der Waals surface area contributed by atoms with E-state index in [-0.39, 0.29) is 18.1 Å². The number of hydrogen-bond donors (Lipinski definition) is 1. The lowest BCUT2D eigenvalue weighted by Gasteiger charge is -2.18. The van der Waals surface area contributed by atoms with Crippen LogP contribution in [0, 0.1) is 12.7 Å². The van der Waals surface area contributed by atoms with Gasteiger partial charge >= 0.3 is 0 Å². The molecule has 0 unspecified atom stereocenters. The maximum atomic E-state index is 13.7. The van der Waals surface area contributed by atoms with Crippen LogP contribution in [-0.2, 0) is 9.59 Å². The van der Waals surface area contributed by atoms with Crippen molar-refractivity contribution in [3.05, 3.63) is 47.8 Å². The minimum atomic E-state index is -0.752. The van der Waals surface area contributed by atoms with Crippen LogP contribution in [0.5, 0.6) is 11.5 Å². The number of nitrogens with zero attached hydrogens (tertiary/aromatic N) is 1. The summed E-state index contributed by atoms with van der Waals surface area (Å²) in [5.74, 6) is -0.193. The number of methoxy groups -OCH3 is 2. The highest BCUT2D eigenvalue weighted by molar-refractivity contribution is 6.23. The number of hydrogen-bond acceptors (Lipinski definition) is 5. The number of aryl methyl sites for hydroxylation is 1. The molecule has 1 fully saturated rings. The zero-order chi connectivity index (χ0) is 18.8. The molecule has 0 bridgehead atoms. The lowest BCUT2D eigenvalue weighted by Crippen LogP contribution is -2.34. The summed E-state index contributed by atoms with van der Waals surface area (Å²) in [6.07, 6.45) is -0.0112. The van der Waals surface area contributed by atoms with Crippen LogP contribution >= 0.6 is 0 Å². The van der Waals surface area contributed by atoms with Gasteiger partial charge in [0.25, 0.3) is 5.91 Å². The number of benzene rings is 2. The second kappa shape index (κ2) is 7.03. The van der Waals surface area contributed by atoms with Crippen LogP contribution in [0.25, 0.3) is 0 Å². The average Bonchev–Trinajstić information content (AvgIpc) is 2.91. The Labute approximate surface area is 150 Å². The van der Waals surface area contributed by atoms with Crippen LogP contribution in [0.4, 0.5) is 15.8 Å². The lowest BCUT2D eigenvalue weighted by atomic mass is 10.2. The third kappa shape index (κ3) is 3.20. The van der Waals surface area contributed by atoms with Gasteiger partial charge in [-0.3, -0.25) is 9.59 Å². The zero-order valence-electron chi connectivity index (χ0n) is 14.7. The molecule has 1 aliphatic heterocycles. The summed E-state index contributed by atoms with van der Waals surface area (Å²) in [5.41, 5.74) is 1.36. The summed E-state index contributed by atoms with van der Waals surface area (Å²) in [6.45, 7) is 1.65. The van der Waals surface area contributed by atoms with E-state index in [9.17, 15) is 14.0 Å². The quantitative estimate of drug-likeness (QED) is 0.833. The summed E-state index contributed by atoms with van der Waals surface area (Å²) in [6, 6.07) is 8.67. The molecule has 1 saturated heterocycles. The number of nitrogens with one attached hydrogen (secondary N) is 1. The topological polar surface area (TPSA) is 67.9 Å². The third-order valence-corrected chi connectivity index (χ3v) is 4.28. The first-order valence-corrected chi connectivity index (χ1v) is 8.06. The van der Waals surface area contributed by atoms with Gasteiger partial charge in [-0.25, -0.2) is 9.29 Å². The maximum absolute atomic E-state index is 13.7. The van der Waals surface area contributed by atoms with Gasteiger partial charge in [0.05, 0.1) is 26.3 Å². The zero-order valence-corrected chi connectivity index (χ0v) is 14.7. The van der Waals surface area contributed by atoms with Crippen molar-refractivity contribution >= 4 is 23.2 Å². The summed E-state index contributed by atoms with van der Waals surface area (Å²) in [5, 5.41) is 2.93. The first kappa shape index (κ1) is 17.7. The normalized spacial score (nSPS) is 16.8. The number of carbonyl (C=O) groups is 2. The standard InChI is InChI=1S/C19H19FN2O4/c1-11-4-5-12(8-14(11)20)21-15-10-18(23)22(19(15)24)13-6-7-16(25-2)17(9-13)26-3/h4-9,15,21H,10H2,1-3H3/t15-/m1/s1. The maximum Gasteiger partial charge on any atom is 0.256 e. The number of rotatable bonds is 5. The van der Waals surface area contributed by atoms with E-state index in [0.717, 1.165) is 4.90 Å². The molecule has 1 heterocycles. The second-order valence-electron chi connectivity index (χ2n) is 5.97. The van der Waals surface area contributed by atoms with E-state index in [1.807, 2.05) is 0 Å². The first-order valence-electron chi connectivity index (χ1n) is 8.06. The summed E-state index contributed by atoms with van der Waals surface area (Å²) < 4.78 is 24.1. The van der Waals surface area contributed by atoms with Gasteiger partial charge < -0.3 is 14.8 Å². The van der Waals surface area contributed by atoms with Gasteiger partial charge in [-0.2, -0.15) is 0 Å². The van der Waals surface area contributed by atoms with Crippen molar-refractivity contribution in [1.82, 2.24) is 0 Å². The van der Waals surface area contributed by atoms with E-state index < -0.39 is 11.9 Å². The van der Waals surface area contributed by atoms with E-state index in [1.54, 1.807) is 37.3 Å². The fourth-order valence-corrected chi connectivity index (χ4v) is 2.86. The highest BCUT2D eigenvalue weighted by Gasteiger charge is 2.39. The van der Waals surface area contributed by atoms with Crippen LogP contribution in [0.3, 0.4) is 0 Å². The predicted octanol–water partition coefficient (Wildman–Crippen LogP) is 2.90. The van der Waals surface area contributed by atoms with Crippen LogP contribution in [-0.4, -0.2) is 32.1 Å². The van der Waals surface area contributed by atoms with Crippen LogP contribution in [0.15, 0.2) is 36.4 Å². The number of carbonyl (C=O) groups excluding carboxylic acids is 2. The van der Waals surface area contributed by atoms with Gasteiger partial charge in [0.15, 0.2) is 11.5 Å². The Bertz CT molecular complexity index is 869. The van der Waals surface area contributed by atoms with E-state index in [2.05, 4.69) is 5.32 Å².